The number of hydrogen-bond donors (Lipinski definition) is 0. The summed E-state index contributed by atoms with van der Waals surface area (Å²) in [6.45, 7) is 6.37. The highest BCUT2D eigenvalue weighted by molar-refractivity contribution is 5.77. The van der Waals surface area contributed by atoms with Crippen molar-refractivity contribution < 1.29 is 4.42 Å². The van der Waals surface area contributed by atoms with Gasteiger partial charge in [0.25, 0.3) is 0 Å². The monoisotopic (exact) mass is 349 g/mol. The summed E-state index contributed by atoms with van der Waals surface area (Å²) >= 11 is 0. The molecule has 0 aliphatic carbocycles. The Morgan fingerprint density at radius 3 is 3.04 bits per heavy atom. The lowest BCUT2D eigenvalue weighted by atomic mass is 10.1. The maximum Gasteiger partial charge on any atom is 0.197 e. The largest absolute Gasteiger partial charge is 0.464 e. The van der Waals surface area contributed by atoms with Crippen molar-refractivity contribution in [1.29, 1.82) is 0 Å². The van der Waals surface area contributed by atoms with E-state index in [2.05, 4.69) is 16.8 Å². The van der Waals surface area contributed by atoms with Crippen molar-refractivity contribution in [3.63, 3.8) is 0 Å². The van der Waals surface area contributed by atoms with E-state index in [-0.39, 0.29) is 5.43 Å². The van der Waals surface area contributed by atoms with Crippen molar-refractivity contribution >= 4 is 11.0 Å². The molecule has 5 nitrogen and oxygen atoms in total. The first-order valence-electron chi connectivity index (χ1n) is 9.21. The smallest absolute Gasteiger partial charge is 0.197 e. The lowest BCUT2D eigenvalue weighted by Gasteiger charge is -2.27. The number of rotatable bonds is 4. The van der Waals surface area contributed by atoms with E-state index in [1.165, 1.54) is 0 Å². The molecule has 0 fully saturated rings. The minimum Gasteiger partial charge on any atom is -0.464 e. The summed E-state index contributed by atoms with van der Waals surface area (Å²) in [6, 6.07) is 5.72. The summed E-state index contributed by atoms with van der Waals surface area (Å²) in [5, 5.41) is 0.660. The quantitative estimate of drug-likeness (QED) is 0.722. The predicted molar refractivity (Wildman–Crippen MR) is 101 cm³/mol. The number of nitrogens with zero attached hydrogens (tertiary/aromatic N) is 3. The molecular weight excluding hydrogens is 326 g/mol. The normalized spacial score (nSPS) is 14.5. The third-order valence-electron chi connectivity index (χ3n) is 4.93. The minimum absolute atomic E-state index is 0.0651. The highest BCUT2D eigenvalue weighted by Gasteiger charge is 2.20. The molecule has 1 aliphatic heterocycles. The Labute approximate surface area is 152 Å². The van der Waals surface area contributed by atoms with Crippen molar-refractivity contribution in [3.8, 4) is 0 Å². The van der Waals surface area contributed by atoms with E-state index < -0.39 is 0 Å². The first-order chi connectivity index (χ1) is 12.6. The van der Waals surface area contributed by atoms with E-state index in [0.717, 1.165) is 55.0 Å². The van der Waals surface area contributed by atoms with Crippen molar-refractivity contribution in [2.75, 3.05) is 6.54 Å². The molecule has 0 spiro atoms. The van der Waals surface area contributed by atoms with E-state index >= 15 is 0 Å². The number of benzene rings is 1. The maximum atomic E-state index is 12.8. The Morgan fingerprint density at radius 2 is 2.19 bits per heavy atom. The van der Waals surface area contributed by atoms with Crippen LogP contribution in [0.3, 0.4) is 0 Å². The first-order valence-corrected chi connectivity index (χ1v) is 9.21. The Bertz CT molecular complexity index is 1010. The molecule has 2 aromatic heterocycles. The molecule has 0 saturated carbocycles. The second-order valence-electron chi connectivity index (χ2n) is 7.06. The van der Waals surface area contributed by atoms with Gasteiger partial charge in [0, 0.05) is 55.5 Å². The van der Waals surface area contributed by atoms with Gasteiger partial charge in [-0.3, -0.25) is 9.69 Å². The molecule has 0 saturated heterocycles. The van der Waals surface area contributed by atoms with Gasteiger partial charge in [-0.2, -0.15) is 0 Å². The van der Waals surface area contributed by atoms with Gasteiger partial charge in [0.2, 0.25) is 0 Å². The fraction of sp³-hybridized carbons (Fsp3) is 0.381. The van der Waals surface area contributed by atoms with Crippen LogP contribution < -0.4 is 5.43 Å². The van der Waals surface area contributed by atoms with Crippen LogP contribution in [0.15, 0.2) is 39.9 Å². The highest BCUT2D eigenvalue weighted by Crippen LogP contribution is 2.19. The van der Waals surface area contributed by atoms with Crippen LogP contribution in [0.4, 0.5) is 0 Å². The van der Waals surface area contributed by atoms with E-state index in [1.54, 1.807) is 6.26 Å². The standard InChI is InChI=1S/C21H23N3O2/c1-3-4-20-22-10-15-11-24(8-7-18(15)23-20)12-16-13-26-19-6-5-14(2)9-17(19)21(16)25/h5-6,9-10,13H,3-4,7-8,11-12H2,1-2H3. The summed E-state index contributed by atoms with van der Waals surface area (Å²) in [6.07, 6.45) is 6.44. The zero-order valence-electron chi connectivity index (χ0n) is 15.3. The van der Waals surface area contributed by atoms with E-state index in [1.807, 2.05) is 31.3 Å². The molecule has 0 amide bonds. The molecule has 0 radical (unpaired) electrons. The molecule has 1 aliphatic rings. The van der Waals surface area contributed by atoms with Gasteiger partial charge in [-0.15, -0.1) is 0 Å². The third kappa shape index (κ3) is 3.27. The first kappa shape index (κ1) is 16.9. The molecule has 3 aromatic rings. The van der Waals surface area contributed by atoms with Crippen LogP contribution >= 0.6 is 0 Å². The second-order valence-corrected chi connectivity index (χ2v) is 7.06. The Kier molecular flexibility index (Phi) is 4.55. The molecule has 0 unspecified atom stereocenters. The Morgan fingerprint density at radius 1 is 1.31 bits per heavy atom. The summed E-state index contributed by atoms with van der Waals surface area (Å²) in [4.78, 5) is 24.2. The summed E-state index contributed by atoms with van der Waals surface area (Å²) < 4.78 is 5.68. The second kappa shape index (κ2) is 7.00. The summed E-state index contributed by atoms with van der Waals surface area (Å²) in [5.74, 6) is 0.935. The SMILES string of the molecule is CCCc1ncc2c(n1)CCN(Cc1coc3ccc(C)cc3c1=O)C2. The van der Waals surface area contributed by atoms with Crippen LogP contribution in [-0.2, 0) is 25.9 Å². The topological polar surface area (TPSA) is 59.2 Å². The molecular formula is C21H23N3O2. The fourth-order valence-corrected chi connectivity index (χ4v) is 3.53. The van der Waals surface area contributed by atoms with Crippen molar-refractivity contribution in [2.24, 2.45) is 0 Å². The van der Waals surface area contributed by atoms with Gasteiger partial charge >= 0.3 is 0 Å². The maximum absolute atomic E-state index is 12.8. The molecule has 134 valence electrons. The number of aromatic nitrogens is 2. The summed E-state index contributed by atoms with van der Waals surface area (Å²) in [7, 11) is 0. The van der Waals surface area contributed by atoms with Crippen LogP contribution in [0.5, 0.6) is 0 Å². The molecule has 5 heteroatoms. The van der Waals surface area contributed by atoms with Gasteiger partial charge in [0.15, 0.2) is 5.43 Å². The number of aryl methyl sites for hydroxylation is 2. The minimum atomic E-state index is 0.0651. The van der Waals surface area contributed by atoms with Crippen LogP contribution in [0.1, 0.15) is 41.6 Å². The average Bonchev–Trinajstić information content (AvgIpc) is 2.65. The molecule has 0 bridgehead atoms. The lowest BCUT2D eigenvalue weighted by Crippen LogP contribution is -2.32. The zero-order chi connectivity index (χ0) is 18.1. The molecule has 3 heterocycles. The van der Waals surface area contributed by atoms with Crippen molar-refractivity contribution in [1.82, 2.24) is 14.9 Å². The van der Waals surface area contributed by atoms with Crippen molar-refractivity contribution in [2.45, 2.75) is 46.2 Å². The van der Waals surface area contributed by atoms with Gasteiger partial charge < -0.3 is 4.42 Å². The Balaban J connectivity index is 1.56. The van der Waals surface area contributed by atoms with Gasteiger partial charge in [-0.1, -0.05) is 18.6 Å². The van der Waals surface area contributed by atoms with Crippen LogP contribution in [0.25, 0.3) is 11.0 Å². The molecule has 1 aromatic carbocycles. The molecule has 0 atom stereocenters. The Hall–Kier alpha value is -2.53. The van der Waals surface area contributed by atoms with E-state index in [4.69, 9.17) is 9.40 Å². The van der Waals surface area contributed by atoms with E-state index in [9.17, 15) is 4.79 Å². The lowest BCUT2D eigenvalue weighted by molar-refractivity contribution is 0.240. The van der Waals surface area contributed by atoms with Gasteiger partial charge in [-0.05, 0) is 25.5 Å². The van der Waals surface area contributed by atoms with Gasteiger partial charge in [0.05, 0.1) is 11.6 Å². The summed E-state index contributed by atoms with van der Waals surface area (Å²) in [5.41, 5.74) is 4.79. The molecule has 26 heavy (non-hydrogen) atoms. The zero-order valence-corrected chi connectivity index (χ0v) is 15.3. The van der Waals surface area contributed by atoms with Crippen LogP contribution in [-0.4, -0.2) is 21.4 Å². The number of fused-ring (bicyclic) bond motifs is 2. The number of hydrogen-bond acceptors (Lipinski definition) is 5. The highest BCUT2D eigenvalue weighted by atomic mass is 16.3. The molecule has 0 N–H and O–H groups in total. The average molecular weight is 349 g/mol. The third-order valence-corrected chi connectivity index (χ3v) is 4.93. The molecule has 4 rings (SSSR count). The van der Waals surface area contributed by atoms with Crippen LogP contribution in [0, 0.1) is 6.92 Å². The van der Waals surface area contributed by atoms with Gasteiger partial charge in [-0.25, -0.2) is 9.97 Å². The van der Waals surface area contributed by atoms with Gasteiger partial charge in [0.1, 0.15) is 11.4 Å². The van der Waals surface area contributed by atoms with Crippen LogP contribution in [0.2, 0.25) is 0 Å². The van der Waals surface area contributed by atoms with Crippen molar-refractivity contribution in [3.05, 3.63) is 69.1 Å². The fourth-order valence-electron chi connectivity index (χ4n) is 3.53. The van der Waals surface area contributed by atoms with E-state index in [0.29, 0.717) is 23.1 Å². The predicted octanol–water partition coefficient (Wildman–Crippen LogP) is 3.40.